The topological polar surface area (TPSA) is 122 Å². The Labute approximate surface area is 185 Å². The summed E-state index contributed by atoms with van der Waals surface area (Å²) < 4.78 is 0. The molecular weight excluding hydrogens is 402 g/mol. The number of nitriles is 2. The Morgan fingerprint density at radius 1 is 1.00 bits per heavy atom. The molecule has 0 saturated carbocycles. The fourth-order valence-electron chi connectivity index (χ4n) is 3.79. The zero-order chi connectivity index (χ0) is 22.5. The van der Waals surface area contributed by atoms with Gasteiger partial charge in [-0.25, -0.2) is 0 Å². The Morgan fingerprint density at radius 2 is 1.62 bits per heavy atom. The lowest BCUT2D eigenvalue weighted by molar-refractivity contribution is -0.127. The van der Waals surface area contributed by atoms with Gasteiger partial charge < -0.3 is 15.6 Å². The minimum atomic E-state index is -0.457. The number of aryl methyl sites for hydroxylation is 1. The van der Waals surface area contributed by atoms with Crippen LogP contribution >= 0.6 is 0 Å². The first kappa shape index (κ1) is 20.9. The van der Waals surface area contributed by atoms with Crippen LogP contribution in [0.25, 0.3) is 22.5 Å². The highest BCUT2D eigenvalue weighted by molar-refractivity contribution is 5.89. The van der Waals surface area contributed by atoms with Gasteiger partial charge in [0, 0.05) is 24.4 Å². The second-order valence-electron chi connectivity index (χ2n) is 7.66. The summed E-state index contributed by atoms with van der Waals surface area (Å²) in [6, 6.07) is 20.3. The Kier molecular flexibility index (Phi) is 6.00. The number of carbonyl (C=O) groups is 2. The zero-order valence-electron chi connectivity index (χ0n) is 17.3. The number of aromatic nitrogens is 1. The van der Waals surface area contributed by atoms with Crippen LogP contribution in [-0.4, -0.2) is 29.4 Å². The average molecular weight is 423 g/mol. The number of nitrogens with zero attached hydrogens (tertiary/aromatic N) is 2. The third kappa shape index (κ3) is 4.53. The number of hydrogen-bond donors (Lipinski definition) is 3. The third-order valence-corrected chi connectivity index (χ3v) is 5.53. The summed E-state index contributed by atoms with van der Waals surface area (Å²) in [4.78, 5) is 27.6. The number of H-pyrrole nitrogens is 1. The van der Waals surface area contributed by atoms with Gasteiger partial charge in [-0.05, 0) is 59.9 Å². The Bertz CT molecular complexity index is 1230. The summed E-state index contributed by atoms with van der Waals surface area (Å²) in [6.07, 6.45) is 1.34. The summed E-state index contributed by atoms with van der Waals surface area (Å²) in [5, 5.41) is 23.6. The largest absolute Gasteiger partial charge is 0.354 e. The van der Waals surface area contributed by atoms with Crippen LogP contribution in [-0.2, 0) is 16.0 Å². The summed E-state index contributed by atoms with van der Waals surface area (Å²) in [7, 11) is 0. The molecular formula is C25H21N5O2. The minimum absolute atomic E-state index is 0.138. The molecule has 2 amide bonds. The number of amides is 2. The van der Waals surface area contributed by atoms with Crippen LogP contribution in [0, 0.1) is 22.7 Å². The van der Waals surface area contributed by atoms with Crippen LogP contribution in [0.5, 0.6) is 0 Å². The van der Waals surface area contributed by atoms with Crippen molar-refractivity contribution in [2.24, 2.45) is 0 Å². The van der Waals surface area contributed by atoms with Gasteiger partial charge in [-0.3, -0.25) is 9.59 Å². The van der Waals surface area contributed by atoms with E-state index < -0.39 is 6.04 Å². The van der Waals surface area contributed by atoms with Crippen LogP contribution in [0.1, 0.15) is 29.5 Å². The molecule has 3 N–H and O–H groups in total. The van der Waals surface area contributed by atoms with E-state index in [0.717, 1.165) is 28.1 Å². The van der Waals surface area contributed by atoms with Crippen molar-refractivity contribution in [3.8, 4) is 34.7 Å². The van der Waals surface area contributed by atoms with E-state index >= 15 is 0 Å². The van der Waals surface area contributed by atoms with Gasteiger partial charge in [0.05, 0.1) is 23.3 Å². The number of benzene rings is 2. The molecule has 1 aromatic heterocycles. The SMILES string of the molecule is N#Cc1ccc(-c2cc(CCC(=O)NC3CCNC3=O)c(-c3ccc(C#N)cc3)[nH]2)cc1. The third-order valence-electron chi connectivity index (χ3n) is 5.53. The first-order valence-corrected chi connectivity index (χ1v) is 10.4. The van der Waals surface area contributed by atoms with Gasteiger partial charge in [-0.2, -0.15) is 10.5 Å². The lowest BCUT2D eigenvalue weighted by Crippen LogP contribution is -2.40. The number of aromatic amines is 1. The normalized spacial score (nSPS) is 14.9. The molecule has 32 heavy (non-hydrogen) atoms. The lowest BCUT2D eigenvalue weighted by atomic mass is 10.0. The molecule has 0 bridgehead atoms. The molecule has 4 rings (SSSR count). The molecule has 2 heterocycles. The van der Waals surface area contributed by atoms with Gasteiger partial charge in [0.25, 0.3) is 0 Å². The predicted octanol–water partition coefficient (Wildman–Crippen LogP) is 3.03. The molecule has 1 atom stereocenters. The van der Waals surface area contributed by atoms with Crippen LogP contribution < -0.4 is 10.6 Å². The highest BCUT2D eigenvalue weighted by Crippen LogP contribution is 2.30. The Balaban J connectivity index is 1.58. The number of carbonyl (C=O) groups excluding carboxylic acids is 2. The van der Waals surface area contributed by atoms with Crippen molar-refractivity contribution in [2.45, 2.75) is 25.3 Å². The summed E-state index contributed by atoms with van der Waals surface area (Å²) in [6.45, 7) is 0.582. The van der Waals surface area contributed by atoms with E-state index in [2.05, 4.69) is 27.8 Å². The van der Waals surface area contributed by atoms with Crippen molar-refractivity contribution in [1.82, 2.24) is 15.6 Å². The minimum Gasteiger partial charge on any atom is -0.354 e. The second-order valence-corrected chi connectivity index (χ2v) is 7.66. The van der Waals surface area contributed by atoms with Crippen molar-refractivity contribution in [2.75, 3.05) is 6.54 Å². The zero-order valence-corrected chi connectivity index (χ0v) is 17.3. The van der Waals surface area contributed by atoms with E-state index in [9.17, 15) is 9.59 Å². The first-order valence-electron chi connectivity index (χ1n) is 10.4. The van der Waals surface area contributed by atoms with Gasteiger partial charge in [0.1, 0.15) is 6.04 Å². The second kappa shape index (κ2) is 9.20. The van der Waals surface area contributed by atoms with Crippen molar-refractivity contribution < 1.29 is 9.59 Å². The van der Waals surface area contributed by atoms with Gasteiger partial charge in [0.2, 0.25) is 11.8 Å². The molecule has 2 aromatic carbocycles. The Hall–Kier alpha value is -4.36. The number of rotatable bonds is 6. The molecule has 1 fully saturated rings. The van der Waals surface area contributed by atoms with Crippen LogP contribution in [0.4, 0.5) is 0 Å². The van der Waals surface area contributed by atoms with Crippen LogP contribution in [0.15, 0.2) is 54.6 Å². The van der Waals surface area contributed by atoms with Gasteiger partial charge in [-0.1, -0.05) is 24.3 Å². The molecule has 158 valence electrons. The van der Waals surface area contributed by atoms with Gasteiger partial charge >= 0.3 is 0 Å². The lowest BCUT2D eigenvalue weighted by Gasteiger charge is -2.10. The number of hydrogen-bond acceptors (Lipinski definition) is 4. The predicted molar refractivity (Wildman–Crippen MR) is 119 cm³/mol. The van der Waals surface area contributed by atoms with Gasteiger partial charge in [-0.15, -0.1) is 0 Å². The van der Waals surface area contributed by atoms with E-state index in [1.807, 2.05) is 30.3 Å². The summed E-state index contributed by atoms with van der Waals surface area (Å²) >= 11 is 0. The molecule has 0 radical (unpaired) electrons. The maximum absolute atomic E-state index is 12.4. The van der Waals surface area contributed by atoms with Crippen LogP contribution in [0.3, 0.4) is 0 Å². The van der Waals surface area contributed by atoms with E-state index in [1.54, 1.807) is 24.3 Å². The van der Waals surface area contributed by atoms with Crippen molar-refractivity contribution in [3.63, 3.8) is 0 Å². The molecule has 3 aromatic rings. The standard InChI is InChI=1S/C25H21N5O2/c26-14-16-1-5-18(6-2-16)22-13-20(9-10-23(31)29-21-11-12-28-25(21)32)24(30-22)19-7-3-17(15-27)4-8-19/h1-8,13,21,30H,9-12H2,(H,28,32)(H,29,31). The molecule has 7 nitrogen and oxygen atoms in total. The maximum atomic E-state index is 12.4. The highest BCUT2D eigenvalue weighted by Gasteiger charge is 2.25. The number of nitrogens with one attached hydrogen (secondary N) is 3. The molecule has 0 spiro atoms. The fourth-order valence-corrected chi connectivity index (χ4v) is 3.79. The van der Waals surface area contributed by atoms with Crippen molar-refractivity contribution >= 4 is 11.8 Å². The van der Waals surface area contributed by atoms with Gasteiger partial charge in [0.15, 0.2) is 0 Å². The van der Waals surface area contributed by atoms with Crippen molar-refractivity contribution in [1.29, 1.82) is 10.5 Å². The summed E-state index contributed by atoms with van der Waals surface area (Å²) in [5.41, 5.74) is 5.70. The van der Waals surface area contributed by atoms with E-state index in [0.29, 0.717) is 30.5 Å². The molecule has 1 aliphatic heterocycles. The van der Waals surface area contributed by atoms with Crippen LogP contribution in [0.2, 0.25) is 0 Å². The molecule has 0 aliphatic carbocycles. The smallest absolute Gasteiger partial charge is 0.242 e. The first-order chi connectivity index (χ1) is 15.6. The summed E-state index contributed by atoms with van der Waals surface area (Å²) in [5.74, 6) is -0.305. The quantitative estimate of drug-likeness (QED) is 0.564. The highest BCUT2D eigenvalue weighted by atomic mass is 16.2. The monoisotopic (exact) mass is 423 g/mol. The molecule has 1 unspecified atom stereocenters. The molecule has 1 saturated heterocycles. The van der Waals surface area contributed by atoms with E-state index in [-0.39, 0.29) is 18.2 Å². The average Bonchev–Trinajstić information content (AvgIpc) is 3.44. The Morgan fingerprint density at radius 3 is 2.19 bits per heavy atom. The van der Waals surface area contributed by atoms with E-state index in [4.69, 9.17) is 10.5 Å². The maximum Gasteiger partial charge on any atom is 0.242 e. The van der Waals surface area contributed by atoms with Crippen molar-refractivity contribution in [3.05, 3.63) is 71.3 Å². The van der Waals surface area contributed by atoms with E-state index in [1.165, 1.54) is 0 Å². The fraction of sp³-hybridized carbons (Fsp3) is 0.200. The molecule has 7 heteroatoms. The molecule has 1 aliphatic rings.